The van der Waals surface area contributed by atoms with E-state index in [1.54, 1.807) is 7.11 Å². The van der Waals surface area contributed by atoms with E-state index in [9.17, 15) is 0 Å². The molecule has 0 fully saturated rings. The molecule has 4 heteroatoms. The van der Waals surface area contributed by atoms with Crippen LogP contribution >= 0.6 is 15.9 Å². The van der Waals surface area contributed by atoms with Crippen LogP contribution in [0.5, 0.6) is 11.5 Å². The molecule has 3 nitrogen and oxygen atoms in total. The second kappa shape index (κ2) is 8.77. The zero-order chi connectivity index (χ0) is 18.4. The van der Waals surface area contributed by atoms with Crippen molar-refractivity contribution in [3.8, 4) is 11.5 Å². The molecule has 0 amide bonds. The van der Waals surface area contributed by atoms with E-state index in [1.807, 2.05) is 54.6 Å². The standard InChI is InChI=1S/C22H22BrNO2/c1-16-8-6-7-9-17(16)15-26-22-13-20(23)18(12-21(22)25-2)14-24-19-10-4-3-5-11-19/h3-13,24H,14-15H2,1-2H3. The smallest absolute Gasteiger partial charge is 0.162 e. The van der Waals surface area contributed by atoms with Gasteiger partial charge in [-0.05, 0) is 47.9 Å². The minimum Gasteiger partial charge on any atom is -0.493 e. The van der Waals surface area contributed by atoms with Gasteiger partial charge in [-0.15, -0.1) is 0 Å². The first kappa shape index (κ1) is 18.3. The Hall–Kier alpha value is -2.46. The number of para-hydroxylation sites is 1. The third-order valence-electron chi connectivity index (χ3n) is 4.23. The summed E-state index contributed by atoms with van der Waals surface area (Å²) >= 11 is 3.65. The van der Waals surface area contributed by atoms with E-state index in [2.05, 4.69) is 40.3 Å². The molecular weight excluding hydrogens is 390 g/mol. The highest BCUT2D eigenvalue weighted by Gasteiger charge is 2.11. The predicted molar refractivity (Wildman–Crippen MR) is 110 cm³/mol. The van der Waals surface area contributed by atoms with Crippen LogP contribution in [0.1, 0.15) is 16.7 Å². The monoisotopic (exact) mass is 411 g/mol. The van der Waals surface area contributed by atoms with Crippen molar-refractivity contribution in [2.75, 3.05) is 12.4 Å². The number of hydrogen-bond donors (Lipinski definition) is 1. The van der Waals surface area contributed by atoms with Gasteiger partial charge in [-0.2, -0.15) is 0 Å². The summed E-state index contributed by atoms with van der Waals surface area (Å²) < 4.78 is 12.5. The van der Waals surface area contributed by atoms with Gasteiger partial charge in [-0.3, -0.25) is 0 Å². The zero-order valence-corrected chi connectivity index (χ0v) is 16.5. The average molecular weight is 412 g/mol. The van der Waals surface area contributed by atoms with Gasteiger partial charge in [0.1, 0.15) is 6.61 Å². The number of ether oxygens (including phenoxy) is 2. The Bertz CT molecular complexity index is 865. The number of benzene rings is 3. The molecule has 0 bridgehead atoms. The normalized spacial score (nSPS) is 10.4. The Morgan fingerprint density at radius 1 is 0.885 bits per heavy atom. The summed E-state index contributed by atoms with van der Waals surface area (Å²) in [5.74, 6) is 1.46. The number of nitrogens with one attached hydrogen (secondary N) is 1. The second-order valence-electron chi connectivity index (χ2n) is 6.03. The topological polar surface area (TPSA) is 30.5 Å². The Kier molecular flexibility index (Phi) is 6.18. The maximum Gasteiger partial charge on any atom is 0.162 e. The van der Waals surface area contributed by atoms with Crippen LogP contribution in [0.25, 0.3) is 0 Å². The summed E-state index contributed by atoms with van der Waals surface area (Å²) in [7, 11) is 1.66. The van der Waals surface area contributed by atoms with Crippen molar-refractivity contribution in [3.63, 3.8) is 0 Å². The first-order valence-corrected chi connectivity index (χ1v) is 9.29. The lowest BCUT2D eigenvalue weighted by atomic mass is 10.1. The third-order valence-corrected chi connectivity index (χ3v) is 4.97. The van der Waals surface area contributed by atoms with Crippen LogP contribution in [0.4, 0.5) is 5.69 Å². The van der Waals surface area contributed by atoms with Gasteiger partial charge in [-0.1, -0.05) is 58.4 Å². The summed E-state index contributed by atoms with van der Waals surface area (Å²) in [6.45, 7) is 3.29. The van der Waals surface area contributed by atoms with E-state index in [-0.39, 0.29) is 0 Å². The Labute approximate surface area is 163 Å². The molecule has 0 aliphatic carbocycles. The van der Waals surface area contributed by atoms with E-state index in [1.165, 1.54) is 11.1 Å². The highest BCUT2D eigenvalue weighted by molar-refractivity contribution is 9.10. The van der Waals surface area contributed by atoms with Crippen LogP contribution in [-0.4, -0.2) is 7.11 Å². The molecule has 0 aromatic heterocycles. The second-order valence-corrected chi connectivity index (χ2v) is 6.88. The van der Waals surface area contributed by atoms with Crippen molar-refractivity contribution < 1.29 is 9.47 Å². The maximum atomic E-state index is 6.02. The summed E-state index contributed by atoms with van der Waals surface area (Å²) in [5.41, 5.74) is 4.57. The van der Waals surface area contributed by atoms with E-state index in [4.69, 9.17) is 9.47 Å². The van der Waals surface area contributed by atoms with Crippen LogP contribution in [-0.2, 0) is 13.2 Å². The molecule has 0 radical (unpaired) electrons. The molecule has 0 aliphatic heterocycles. The summed E-state index contributed by atoms with van der Waals surface area (Å²) in [6, 6.07) is 22.3. The Balaban J connectivity index is 1.73. The van der Waals surface area contributed by atoms with Gasteiger partial charge in [0.25, 0.3) is 0 Å². The van der Waals surface area contributed by atoms with Crippen molar-refractivity contribution in [3.05, 3.63) is 87.9 Å². The van der Waals surface area contributed by atoms with Crippen molar-refractivity contribution in [2.45, 2.75) is 20.1 Å². The number of rotatable bonds is 7. The highest BCUT2D eigenvalue weighted by atomic mass is 79.9. The quantitative estimate of drug-likeness (QED) is 0.520. The molecule has 0 saturated heterocycles. The van der Waals surface area contributed by atoms with Crippen molar-refractivity contribution in [1.82, 2.24) is 0 Å². The molecule has 134 valence electrons. The fourth-order valence-electron chi connectivity index (χ4n) is 2.67. The number of aryl methyl sites for hydroxylation is 1. The van der Waals surface area contributed by atoms with Crippen LogP contribution in [0.3, 0.4) is 0 Å². The molecule has 26 heavy (non-hydrogen) atoms. The highest BCUT2D eigenvalue weighted by Crippen LogP contribution is 2.34. The molecule has 3 aromatic carbocycles. The van der Waals surface area contributed by atoms with Crippen molar-refractivity contribution in [1.29, 1.82) is 0 Å². The van der Waals surface area contributed by atoms with Gasteiger partial charge >= 0.3 is 0 Å². The van der Waals surface area contributed by atoms with Crippen molar-refractivity contribution >= 4 is 21.6 Å². The maximum absolute atomic E-state index is 6.02. The van der Waals surface area contributed by atoms with Gasteiger partial charge in [-0.25, -0.2) is 0 Å². The van der Waals surface area contributed by atoms with E-state index >= 15 is 0 Å². The van der Waals surface area contributed by atoms with Crippen LogP contribution in [0.2, 0.25) is 0 Å². The van der Waals surface area contributed by atoms with E-state index < -0.39 is 0 Å². The third kappa shape index (κ3) is 4.58. The van der Waals surface area contributed by atoms with E-state index in [0.29, 0.717) is 13.2 Å². The molecule has 0 heterocycles. The summed E-state index contributed by atoms with van der Waals surface area (Å²) in [6.07, 6.45) is 0. The molecule has 0 unspecified atom stereocenters. The minimum absolute atomic E-state index is 0.511. The minimum atomic E-state index is 0.511. The summed E-state index contributed by atoms with van der Waals surface area (Å²) in [4.78, 5) is 0. The molecule has 0 saturated carbocycles. The van der Waals surface area contributed by atoms with Gasteiger partial charge in [0, 0.05) is 16.7 Å². The lowest BCUT2D eigenvalue weighted by molar-refractivity contribution is 0.283. The first-order chi connectivity index (χ1) is 12.7. The summed E-state index contributed by atoms with van der Waals surface area (Å²) in [5, 5.41) is 3.41. The fourth-order valence-corrected chi connectivity index (χ4v) is 3.13. The largest absolute Gasteiger partial charge is 0.493 e. The first-order valence-electron chi connectivity index (χ1n) is 8.50. The van der Waals surface area contributed by atoms with Gasteiger partial charge in [0.2, 0.25) is 0 Å². The van der Waals surface area contributed by atoms with Crippen LogP contribution < -0.4 is 14.8 Å². The number of hydrogen-bond acceptors (Lipinski definition) is 3. The molecular formula is C22H22BrNO2. The van der Waals surface area contributed by atoms with Gasteiger partial charge in [0.15, 0.2) is 11.5 Å². The molecule has 0 aliphatic rings. The number of methoxy groups -OCH3 is 1. The fraction of sp³-hybridized carbons (Fsp3) is 0.182. The van der Waals surface area contributed by atoms with Gasteiger partial charge in [0.05, 0.1) is 7.11 Å². The lowest BCUT2D eigenvalue weighted by Gasteiger charge is -2.15. The van der Waals surface area contributed by atoms with E-state index in [0.717, 1.165) is 27.2 Å². The zero-order valence-electron chi connectivity index (χ0n) is 15.0. The molecule has 0 atom stereocenters. The molecule has 1 N–H and O–H groups in total. The SMILES string of the molecule is COc1cc(CNc2ccccc2)c(Br)cc1OCc1ccccc1C. The molecule has 3 aromatic rings. The molecule has 0 spiro atoms. The number of anilines is 1. The number of halogens is 1. The molecule has 3 rings (SSSR count). The van der Waals surface area contributed by atoms with Crippen molar-refractivity contribution in [2.24, 2.45) is 0 Å². The predicted octanol–water partition coefficient (Wildman–Crippen LogP) is 5.96. The lowest BCUT2D eigenvalue weighted by Crippen LogP contribution is -2.03. The Morgan fingerprint density at radius 2 is 1.62 bits per heavy atom. The average Bonchev–Trinajstić information content (AvgIpc) is 2.67. The Morgan fingerprint density at radius 3 is 2.35 bits per heavy atom. The van der Waals surface area contributed by atoms with Gasteiger partial charge < -0.3 is 14.8 Å². The van der Waals surface area contributed by atoms with Crippen LogP contribution in [0.15, 0.2) is 71.2 Å². The van der Waals surface area contributed by atoms with Crippen LogP contribution in [0, 0.1) is 6.92 Å².